The Labute approximate surface area is 145 Å². The van der Waals surface area contributed by atoms with E-state index in [-0.39, 0.29) is 17.9 Å². The molecule has 0 radical (unpaired) electrons. The van der Waals surface area contributed by atoms with E-state index in [9.17, 15) is 9.59 Å². The van der Waals surface area contributed by atoms with Crippen molar-refractivity contribution in [2.24, 2.45) is 4.99 Å². The largest absolute Gasteiger partial charge is 0.344 e. The van der Waals surface area contributed by atoms with Gasteiger partial charge in [-0.25, -0.2) is 4.99 Å². The lowest BCUT2D eigenvalue weighted by Crippen LogP contribution is -2.51. The number of carbonyl (C=O) groups is 2. The zero-order chi connectivity index (χ0) is 17.2. The van der Waals surface area contributed by atoms with Crippen LogP contribution in [0, 0.1) is 0 Å². The molecule has 0 spiro atoms. The second-order valence-corrected chi connectivity index (χ2v) is 6.15. The highest BCUT2D eigenvalue weighted by Crippen LogP contribution is 2.32. The Hall–Kier alpha value is -3.15. The van der Waals surface area contributed by atoms with E-state index < -0.39 is 0 Å². The summed E-state index contributed by atoms with van der Waals surface area (Å²) in [5.41, 5.74) is 7.62. The third-order valence-corrected chi connectivity index (χ3v) is 4.57. The van der Waals surface area contributed by atoms with Crippen LogP contribution in [-0.4, -0.2) is 28.6 Å². The first-order chi connectivity index (χ1) is 12.2. The molecule has 1 fully saturated rings. The van der Waals surface area contributed by atoms with Gasteiger partial charge in [0.15, 0.2) is 0 Å². The average Bonchev–Trinajstić information content (AvgIpc) is 3.07. The Morgan fingerprint density at radius 3 is 2.60 bits per heavy atom. The lowest BCUT2D eigenvalue weighted by Gasteiger charge is -2.29. The van der Waals surface area contributed by atoms with Crippen LogP contribution in [-0.2, 0) is 11.3 Å². The summed E-state index contributed by atoms with van der Waals surface area (Å²) in [6.45, 7) is 0.666. The number of hydrazine groups is 1. The molecule has 0 aliphatic carbocycles. The van der Waals surface area contributed by atoms with Crippen LogP contribution in [0.1, 0.15) is 28.8 Å². The Morgan fingerprint density at radius 2 is 1.76 bits per heavy atom. The molecule has 2 heterocycles. The minimum Gasteiger partial charge on any atom is -0.344 e. The summed E-state index contributed by atoms with van der Waals surface area (Å²) >= 11 is 0. The van der Waals surface area contributed by atoms with Gasteiger partial charge < -0.3 is 4.90 Å². The van der Waals surface area contributed by atoms with E-state index in [1.54, 1.807) is 24.3 Å². The molecule has 0 aromatic heterocycles. The maximum absolute atomic E-state index is 12.5. The van der Waals surface area contributed by atoms with E-state index in [1.165, 1.54) is 0 Å². The van der Waals surface area contributed by atoms with E-state index >= 15 is 0 Å². The molecular formula is C19H18N4O2. The molecule has 2 aromatic rings. The van der Waals surface area contributed by atoms with Crippen LogP contribution in [0.25, 0.3) is 0 Å². The van der Waals surface area contributed by atoms with Crippen LogP contribution in [0.3, 0.4) is 0 Å². The topological polar surface area (TPSA) is 73.8 Å². The smallest absolute Gasteiger partial charge is 0.269 e. The van der Waals surface area contributed by atoms with Crippen LogP contribution in [0.2, 0.25) is 0 Å². The van der Waals surface area contributed by atoms with E-state index in [1.807, 2.05) is 35.2 Å². The average molecular weight is 334 g/mol. The number of para-hydroxylation sites is 1. The highest BCUT2D eigenvalue weighted by molar-refractivity contribution is 5.98. The minimum atomic E-state index is -0.329. The van der Waals surface area contributed by atoms with Gasteiger partial charge in [-0.2, -0.15) is 0 Å². The number of fused-ring (bicyclic) bond motifs is 2. The van der Waals surface area contributed by atoms with Gasteiger partial charge in [-0.1, -0.05) is 36.4 Å². The van der Waals surface area contributed by atoms with Crippen LogP contribution >= 0.6 is 0 Å². The highest BCUT2D eigenvalue weighted by Gasteiger charge is 2.36. The number of benzene rings is 2. The number of nitrogens with one attached hydrogen (secondary N) is 2. The van der Waals surface area contributed by atoms with Crippen molar-refractivity contribution < 1.29 is 9.59 Å². The molecule has 1 saturated heterocycles. The molecule has 2 N–H and O–H groups in total. The van der Waals surface area contributed by atoms with Gasteiger partial charge in [0.25, 0.3) is 11.8 Å². The number of amidine groups is 1. The van der Waals surface area contributed by atoms with Crippen molar-refractivity contribution in [1.82, 2.24) is 15.8 Å². The molecule has 2 aromatic carbocycles. The molecule has 0 saturated carbocycles. The van der Waals surface area contributed by atoms with Crippen LogP contribution in [0.4, 0.5) is 5.69 Å². The summed E-state index contributed by atoms with van der Waals surface area (Å²) in [5, 5.41) is 0. The lowest BCUT2D eigenvalue weighted by molar-refractivity contribution is -0.125. The Balaban J connectivity index is 1.42. The van der Waals surface area contributed by atoms with Gasteiger partial charge in [-0.05, 0) is 30.2 Å². The van der Waals surface area contributed by atoms with Crippen molar-refractivity contribution in [1.29, 1.82) is 0 Å². The SMILES string of the molecule is O=C(NNC(=O)[C@@H]1CCC2=Nc3ccccc3CN21)c1ccccc1. The number of aliphatic imine (C=N–C) groups is 1. The number of hydrogen-bond donors (Lipinski definition) is 2. The normalized spacial score (nSPS) is 18.0. The molecule has 2 amide bonds. The molecule has 1 atom stereocenters. The van der Waals surface area contributed by atoms with Crippen molar-refractivity contribution in [3.8, 4) is 0 Å². The molecule has 2 aliphatic heterocycles. The lowest BCUT2D eigenvalue weighted by atomic mass is 10.1. The second-order valence-electron chi connectivity index (χ2n) is 6.15. The fourth-order valence-electron chi connectivity index (χ4n) is 3.28. The van der Waals surface area contributed by atoms with E-state index in [2.05, 4.69) is 15.8 Å². The second kappa shape index (κ2) is 6.39. The van der Waals surface area contributed by atoms with Crippen LogP contribution < -0.4 is 10.9 Å². The van der Waals surface area contributed by atoms with Gasteiger partial charge in [0.2, 0.25) is 0 Å². The first-order valence-electron chi connectivity index (χ1n) is 8.30. The van der Waals surface area contributed by atoms with Crippen molar-refractivity contribution in [3.05, 3.63) is 65.7 Å². The van der Waals surface area contributed by atoms with Crippen molar-refractivity contribution in [2.45, 2.75) is 25.4 Å². The third-order valence-electron chi connectivity index (χ3n) is 4.57. The summed E-state index contributed by atoms with van der Waals surface area (Å²) < 4.78 is 0. The molecule has 0 bridgehead atoms. The number of carbonyl (C=O) groups excluding carboxylic acids is 2. The van der Waals surface area contributed by atoms with Crippen LogP contribution in [0.15, 0.2) is 59.6 Å². The zero-order valence-corrected chi connectivity index (χ0v) is 13.6. The fourth-order valence-corrected chi connectivity index (χ4v) is 3.28. The minimum absolute atomic E-state index is 0.214. The third kappa shape index (κ3) is 2.98. The summed E-state index contributed by atoms with van der Waals surface area (Å²) in [7, 11) is 0. The maximum Gasteiger partial charge on any atom is 0.269 e. The zero-order valence-electron chi connectivity index (χ0n) is 13.6. The summed E-state index contributed by atoms with van der Waals surface area (Å²) in [6, 6.07) is 16.4. The van der Waals surface area contributed by atoms with Crippen molar-refractivity contribution in [3.63, 3.8) is 0 Å². The molecule has 6 heteroatoms. The van der Waals surface area contributed by atoms with Gasteiger partial charge in [0.1, 0.15) is 11.9 Å². The number of rotatable bonds is 2. The Kier molecular flexibility index (Phi) is 3.93. The number of nitrogens with zero attached hydrogens (tertiary/aromatic N) is 2. The van der Waals surface area contributed by atoms with Gasteiger partial charge in [-0.15, -0.1) is 0 Å². The first kappa shape index (κ1) is 15.4. The standard InChI is InChI=1S/C19H18N4O2/c24-18(13-6-2-1-3-7-13)21-22-19(25)16-10-11-17-20-15-9-5-4-8-14(15)12-23(16)17/h1-9,16H,10-12H2,(H,21,24)(H,22,25)/t16-/m0/s1. The molecule has 126 valence electrons. The fraction of sp³-hybridized carbons (Fsp3) is 0.211. The summed E-state index contributed by atoms with van der Waals surface area (Å²) in [4.78, 5) is 31.3. The van der Waals surface area contributed by atoms with Crippen LogP contribution in [0.5, 0.6) is 0 Å². The summed E-state index contributed by atoms with van der Waals surface area (Å²) in [5.74, 6) is 0.395. The molecule has 4 rings (SSSR count). The quantitative estimate of drug-likeness (QED) is 0.827. The summed E-state index contributed by atoms with van der Waals surface area (Å²) in [6.07, 6.45) is 1.46. The monoisotopic (exact) mass is 334 g/mol. The number of amides is 2. The van der Waals surface area contributed by atoms with E-state index in [0.717, 1.165) is 23.5 Å². The van der Waals surface area contributed by atoms with Crippen molar-refractivity contribution in [2.75, 3.05) is 0 Å². The molecular weight excluding hydrogens is 316 g/mol. The molecule has 25 heavy (non-hydrogen) atoms. The molecule has 0 unspecified atom stereocenters. The molecule has 6 nitrogen and oxygen atoms in total. The van der Waals surface area contributed by atoms with E-state index in [0.29, 0.717) is 18.5 Å². The Morgan fingerprint density at radius 1 is 1.00 bits per heavy atom. The predicted molar refractivity (Wildman–Crippen MR) is 94.2 cm³/mol. The highest BCUT2D eigenvalue weighted by atomic mass is 16.2. The first-order valence-corrected chi connectivity index (χ1v) is 8.30. The molecule has 2 aliphatic rings. The van der Waals surface area contributed by atoms with Gasteiger partial charge in [0.05, 0.1) is 5.69 Å². The van der Waals surface area contributed by atoms with Crippen molar-refractivity contribution >= 4 is 23.3 Å². The van der Waals surface area contributed by atoms with E-state index in [4.69, 9.17) is 0 Å². The predicted octanol–water partition coefficient (Wildman–Crippen LogP) is 2.16. The van der Waals surface area contributed by atoms with Gasteiger partial charge in [0, 0.05) is 18.5 Å². The number of hydrogen-bond acceptors (Lipinski definition) is 4. The van der Waals surface area contributed by atoms with Gasteiger partial charge >= 0.3 is 0 Å². The maximum atomic E-state index is 12.5. The van der Waals surface area contributed by atoms with Gasteiger partial charge in [-0.3, -0.25) is 20.4 Å². The Bertz CT molecular complexity index is 848.